The third-order valence-electron chi connectivity index (χ3n) is 17.6. The molecule has 1 spiro atoms. The molecule has 7 heteroatoms. The summed E-state index contributed by atoms with van der Waals surface area (Å²) < 4.78 is 2.48. The summed E-state index contributed by atoms with van der Waals surface area (Å²) in [7, 11) is 0. The van der Waals surface area contributed by atoms with Gasteiger partial charge in [0.15, 0.2) is 34.9 Å². The molecule has 4 bridgehead atoms. The molecule has 0 aliphatic heterocycles. The van der Waals surface area contributed by atoms with Crippen molar-refractivity contribution in [2.24, 2.45) is 23.7 Å². The number of hydrogen-bond donors (Lipinski definition) is 0. The van der Waals surface area contributed by atoms with Crippen molar-refractivity contribution in [3.63, 3.8) is 0 Å². The van der Waals surface area contributed by atoms with Crippen LogP contribution in [0.25, 0.3) is 122 Å². The van der Waals surface area contributed by atoms with E-state index in [-0.39, 0.29) is 5.41 Å². The van der Waals surface area contributed by atoms with Gasteiger partial charge in [-0.15, -0.1) is 11.3 Å². The third kappa shape index (κ3) is 7.13. The van der Waals surface area contributed by atoms with E-state index >= 15 is 0 Å². The van der Waals surface area contributed by atoms with Crippen LogP contribution in [0.5, 0.6) is 0 Å². The van der Waals surface area contributed by atoms with Crippen LogP contribution in [0.15, 0.2) is 218 Å². The molecular formula is C70H50N6S. The van der Waals surface area contributed by atoms with E-state index in [0.29, 0.717) is 46.8 Å². The Hall–Kier alpha value is -8.78. The molecule has 12 aromatic rings. The molecule has 17 rings (SSSR count). The second-order valence-corrected chi connectivity index (χ2v) is 22.8. The third-order valence-corrected chi connectivity index (χ3v) is 18.8. The molecule has 5 aliphatic rings. The number of aromatic nitrogens is 6. The van der Waals surface area contributed by atoms with Gasteiger partial charge in [0.1, 0.15) is 0 Å². The van der Waals surface area contributed by atoms with E-state index < -0.39 is 0 Å². The molecule has 0 atom stereocenters. The van der Waals surface area contributed by atoms with Gasteiger partial charge in [-0.05, 0) is 125 Å². The van der Waals surface area contributed by atoms with Crippen LogP contribution in [0.1, 0.15) is 43.2 Å². The summed E-state index contributed by atoms with van der Waals surface area (Å²) >= 11 is 1.86. The van der Waals surface area contributed by atoms with Gasteiger partial charge in [-0.1, -0.05) is 194 Å². The molecule has 0 N–H and O–H groups in total. The Balaban J connectivity index is 0.862. The lowest BCUT2D eigenvalue weighted by molar-refractivity contribution is -0.0399. The van der Waals surface area contributed by atoms with Crippen LogP contribution < -0.4 is 0 Å². The Kier molecular flexibility index (Phi) is 10.2. The molecule has 6 nitrogen and oxygen atoms in total. The molecule has 366 valence electrons. The van der Waals surface area contributed by atoms with E-state index in [2.05, 4.69) is 146 Å². The zero-order valence-electron chi connectivity index (χ0n) is 42.2. The summed E-state index contributed by atoms with van der Waals surface area (Å²) in [5.41, 5.74) is 16.4. The van der Waals surface area contributed by atoms with Gasteiger partial charge in [-0.2, -0.15) is 0 Å². The van der Waals surface area contributed by atoms with E-state index in [4.69, 9.17) is 29.9 Å². The van der Waals surface area contributed by atoms with Crippen LogP contribution in [0.4, 0.5) is 0 Å². The molecule has 3 aromatic heterocycles. The predicted octanol–water partition coefficient (Wildman–Crippen LogP) is 17.5. The summed E-state index contributed by atoms with van der Waals surface area (Å²) in [6.45, 7) is 0. The van der Waals surface area contributed by atoms with E-state index in [1.807, 2.05) is 84.1 Å². The molecule has 0 saturated heterocycles. The van der Waals surface area contributed by atoms with Crippen molar-refractivity contribution in [1.29, 1.82) is 0 Å². The molecule has 0 amide bonds. The zero-order valence-corrected chi connectivity index (χ0v) is 43.0. The Morgan fingerprint density at radius 1 is 0.312 bits per heavy atom. The fourth-order valence-corrected chi connectivity index (χ4v) is 15.8. The highest BCUT2D eigenvalue weighted by Gasteiger charge is 2.61. The predicted molar refractivity (Wildman–Crippen MR) is 313 cm³/mol. The van der Waals surface area contributed by atoms with Crippen LogP contribution >= 0.6 is 11.3 Å². The number of benzene rings is 9. The second-order valence-electron chi connectivity index (χ2n) is 21.8. The largest absolute Gasteiger partial charge is 0.208 e. The topological polar surface area (TPSA) is 77.3 Å². The Bertz CT molecular complexity index is 4140. The molecule has 0 radical (unpaired) electrons. The summed E-state index contributed by atoms with van der Waals surface area (Å²) in [4.78, 5) is 31.1. The van der Waals surface area contributed by atoms with E-state index in [0.717, 1.165) is 50.8 Å². The SMILES string of the molecule is c1ccc(-c2nc(-c3ccccc3)nc(-c3ccccc3-c3ccc4c(c3)C3(c5ccc(-c6ccc(-c7nc(-c8ccccc8)nc(-c8ccccc8)n7)c7c6sc6ccccc67)cc5-4)C4CC5CC(C4)CC3C5)n2)cc1. The van der Waals surface area contributed by atoms with Gasteiger partial charge in [0.05, 0.1) is 0 Å². The quantitative estimate of drug-likeness (QED) is 0.151. The lowest BCUT2D eigenvalue weighted by Gasteiger charge is -2.61. The van der Waals surface area contributed by atoms with Gasteiger partial charge in [-0.25, -0.2) is 29.9 Å². The molecule has 77 heavy (non-hydrogen) atoms. The van der Waals surface area contributed by atoms with Crippen LogP contribution in [-0.2, 0) is 5.41 Å². The fraction of sp³-hybridized carbons (Fsp3) is 0.143. The van der Waals surface area contributed by atoms with Crippen molar-refractivity contribution < 1.29 is 0 Å². The first-order valence-corrected chi connectivity index (χ1v) is 28.0. The number of fused-ring (bicyclic) bond motifs is 6. The van der Waals surface area contributed by atoms with Crippen molar-refractivity contribution in [2.75, 3.05) is 0 Å². The maximum Gasteiger partial charge on any atom is 0.164 e. The van der Waals surface area contributed by atoms with Crippen molar-refractivity contribution in [3.8, 4) is 102 Å². The fourth-order valence-electron chi connectivity index (χ4n) is 14.6. The Morgan fingerprint density at radius 2 is 0.753 bits per heavy atom. The van der Waals surface area contributed by atoms with Crippen LogP contribution in [0.2, 0.25) is 0 Å². The first-order valence-electron chi connectivity index (χ1n) is 27.2. The molecule has 4 fully saturated rings. The average molecular weight is 1010 g/mol. The number of nitrogens with zero attached hydrogens (tertiary/aromatic N) is 6. The monoisotopic (exact) mass is 1010 g/mol. The first-order chi connectivity index (χ1) is 38.1. The van der Waals surface area contributed by atoms with Gasteiger partial charge < -0.3 is 0 Å². The van der Waals surface area contributed by atoms with Crippen LogP contribution in [-0.4, -0.2) is 29.9 Å². The van der Waals surface area contributed by atoms with E-state index in [1.165, 1.54) is 91.2 Å². The van der Waals surface area contributed by atoms with Crippen LogP contribution in [0, 0.1) is 23.7 Å². The average Bonchev–Trinajstić information content (AvgIpc) is 3.89. The summed E-state index contributed by atoms with van der Waals surface area (Å²) in [6, 6.07) is 78.2. The summed E-state index contributed by atoms with van der Waals surface area (Å²) in [5.74, 6) is 6.88. The highest BCUT2D eigenvalue weighted by atomic mass is 32.1. The normalized spacial score (nSPS) is 19.7. The van der Waals surface area contributed by atoms with Crippen molar-refractivity contribution in [3.05, 3.63) is 230 Å². The van der Waals surface area contributed by atoms with Crippen LogP contribution in [0.3, 0.4) is 0 Å². The molecular weight excluding hydrogens is 957 g/mol. The molecule has 9 aromatic carbocycles. The zero-order chi connectivity index (χ0) is 50.6. The highest BCUT2D eigenvalue weighted by molar-refractivity contribution is 7.26. The minimum Gasteiger partial charge on any atom is -0.208 e. The number of thiophene rings is 1. The van der Waals surface area contributed by atoms with Gasteiger partial charge in [0, 0.05) is 59.0 Å². The standard InChI is InChI=1S/C70H50N6S/c1-5-17-44(18-6-1)64-71-65(45-19-7-2-8-20-45)74-68(73-64)55-26-14-13-25-52(55)49-29-31-54-58-40-48(30-34-59(58)70(60(54)41-49)50-36-42-35-43(38-50)39-51(70)37-42)53-32-33-57(62-56-27-15-16-28-61(56)77-63(53)62)69-75-66(46-21-9-3-10-22-46)72-67(76-69)47-23-11-4-12-24-47/h1-34,40-43,50-51H,35-39H2. The molecule has 3 heterocycles. The van der Waals surface area contributed by atoms with E-state index in [9.17, 15) is 0 Å². The van der Waals surface area contributed by atoms with Gasteiger partial charge in [-0.3, -0.25) is 0 Å². The maximum atomic E-state index is 5.25. The van der Waals surface area contributed by atoms with E-state index in [1.54, 1.807) is 0 Å². The Morgan fingerprint density at radius 3 is 1.32 bits per heavy atom. The highest BCUT2D eigenvalue weighted by Crippen LogP contribution is 2.70. The summed E-state index contributed by atoms with van der Waals surface area (Å²) in [6.07, 6.45) is 6.64. The van der Waals surface area contributed by atoms with Crippen molar-refractivity contribution in [2.45, 2.75) is 37.5 Å². The maximum absolute atomic E-state index is 5.25. The summed E-state index contributed by atoms with van der Waals surface area (Å²) in [5, 5.41) is 2.39. The molecule has 0 unspecified atom stereocenters. The molecule has 4 saturated carbocycles. The minimum absolute atomic E-state index is 0.0436. The molecule has 5 aliphatic carbocycles. The number of hydrogen-bond acceptors (Lipinski definition) is 7. The lowest BCUT2D eigenvalue weighted by atomic mass is 9.43. The van der Waals surface area contributed by atoms with Crippen molar-refractivity contribution >= 4 is 31.5 Å². The Labute approximate surface area is 451 Å². The second kappa shape index (κ2) is 17.7. The van der Waals surface area contributed by atoms with Crippen molar-refractivity contribution in [1.82, 2.24) is 29.9 Å². The lowest BCUT2D eigenvalue weighted by Crippen LogP contribution is -2.55. The number of rotatable bonds is 8. The van der Waals surface area contributed by atoms with Gasteiger partial charge in [0.25, 0.3) is 0 Å². The first kappa shape index (κ1) is 44.5. The van der Waals surface area contributed by atoms with Gasteiger partial charge >= 0.3 is 0 Å². The van der Waals surface area contributed by atoms with Gasteiger partial charge in [0.2, 0.25) is 0 Å². The smallest absolute Gasteiger partial charge is 0.164 e. The minimum atomic E-state index is -0.0436.